The monoisotopic (exact) mass is 280 g/mol. The average Bonchev–Trinajstić information content (AvgIpc) is 2.81. The second kappa shape index (κ2) is 5.41. The topological polar surface area (TPSA) is 101 Å². The Hall–Kier alpha value is -1.86. The summed E-state index contributed by atoms with van der Waals surface area (Å²) in [5.41, 5.74) is 6.62. The molecule has 0 aliphatic heterocycles. The molecule has 0 aliphatic carbocycles. The predicted molar refractivity (Wildman–Crippen MR) is 73.1 cm³/mol. The minimum atomic E-state index is -3.59. The summed E-state index contributed by atoms with van der Waals surface area (Å²) in [5.74, 6) is 0.737. The Balaban J connectivity index is 2.10. The molecular formula is C12H16N4O2S. The van der Waals surface area contributed by atoms with E-state index in [1.54, 1.807) is 37.5 Å². The minimum Gasteiger partial charge on any atom is -0.398 e. The molecule has 0 saturated heterocycles. The summed E-state index contributed by atoms with van der Waals surface area (Å²) in [4.78, 5) is 7.09. The molecule has 0 saturated carbocycles. The number of sulfonamides is 1. The summed E-state index contributed by atoms with van der Waals surface area (Å²) >= 11 is 0. The number of aryl methyl sites for hydroxylation is 1. The van der Waals surface area contributed by atoms with Crippen molar-refractivity contribution >= 4 is 15.7 Å². The van der Waals surface area contributed by atoms with Crippen LogP contribution in [0.4, 0.5) is 5.69 Å². The second-order valence-corrected chi connectivity index (χ2v) is 5.88. The number of nitrogens with two attached hydrogens (primary N) is 1. The van der Waals surface area contributed by atoms with E-state index in [4.69, 9.17) is 5.73 Å². The lowest BCUT2D eigenvalue weighted by Gasteiger charge is -2.11. The fourth-order valence-corrected chi connectivity index (χ4v) is 3.24. The molecule has 19 heavy (non-hydrogen) atoms. The van der Waals surface area contributed by atoms with E-state index >= 15 is 0 Å². The Morgan fingerprint density at radius 3 is 2.84 bits per heavy atom. The number of nitrogen functional groups attached to an aromatic ring is 1. The zero-order valence-electron chi connectivity index (χ0n) is 10.6. The number of hydrogen-bond donors (Lipinski definition) is 3. The van der Waals surface area contributed by atoms with Crippen LogP contribution in [0.15, 0.2) is 35.5 Å². The van der Waals surface area contributed by atoms with Crippen molar-refractivity contribution in [2.75, 3.05) is 12.3 Å². The van der Waals surface area contributed by atoms with Gasteiger partial charge in [-0.05, 0) is 18.6 Å². The molecule has 0 bridgehead atoms. The van der Waals surface area contributed by atoms with E-state index < -0.39 is 10.0 Å². The van der Waals surface area contributed by atoms with Crippen LogP contribution in [0.25, 0.3) is 0 Å². The third kappa shape index (κ3) is 3.12. The van der Waals surface area contributed by atoms with E-state index in [0.29, 0.717) is 12.0 Å². The average molecular weight is 280 g/mol. The van der Waals surface area contributed by atoms with Crippen molar-refractivity contribution in [3.05, 3.63) is 42.0 Å². The Morgan fingerprint density at radius 1 is 1.42 bits per heavy atom. The first-order chi connectivity index (χ1) is 9.00. The van der Waals surface area contributed by atoms with E-state index in [1.807, 2.05) is 0 Å². The SMILES string of the molecule is Cc1cccc(N)c1S(=O)(=O)NCCc1ncc[nH]1. The number of imidazole rings is 1. The lowest BCUT2D eigenvalue weighted by Crippen LogP contribution is -2.27. The van der Waals surface area contributed by atoms with Crippen molar-refractivity contribution < 1.29 is 8.42 Å². The maximum Gasteiger partial charge on any atom is 0.242 e. The number of aromatic amines is 1. The fraction of sp³-hybridized carbons (Fsp3) is 0.250. The molecule has 2 aromatic rings. The summed E-state index contributed by atoms with van der Waals surface area (Å²) in [7, 11) is -3.59. The molecule has 0 aliphatic rings. The van der Waals surface area contributed by atoms with Crippen molar-refractivity contribution in [2.45, 2.75) is 18.2 Å². The normalized spacial score (nSPS) is 11.6. The molecule has 0 fully saturated rings. The van der Waals surface area contributed by atoms with E-state index in [1.165, 1.54) is 0 Å². The largest absolute Gasteiger partial charge is 0.398 e. The molecule has 0 radical (unpaired) electrons. The van der Waals surface area contributed by atoms with E-state index in [-0.39, 0.29) is 17.1 Å². The lowest BCUT2D eigenvalue weighted by atomic mass is 10.2. The molecule has 2 rings (SSSR count). The molecule has 4 N–H and O–H groups in total. The van der Waals surface area contributed by atoms with E-state index in [9.17, 15) is 8.42 Å². The molecule has 0 amide bonds. The summed E-state index contributed by atoms with van der Waals surface area (Å²) in [6.07, 6.45) is 3.82. The molecule has 0 unspecified atom stereocenters. The maximum absolute atomic E-state index is 12.2. The third-order valence-electron chi connectivity index (χ3n) is 2.72. The summed E-state index contributed by atoms with van der Waals surface area (Å²) in [6.45, 7) is 1.99. The number of H-pyrrole nitrogens is 1. The van der Waals surface area contributed by atoms with Crippen molar-refractivity contribution in [3.63, 3.8) is 0 Å². The van der Waals surface area contributed by atoms with Crippen LogP contribution >= 0.6 is 0 Å². The molecule has 1 aromatic carbocycles. The van der Waals surface area contributed by atoms with Gasteiger partial charge in [-0.2, -0.15) is 0 Å². The maximum atomic E-state index is 12.2. The van der Waals surface area contributed by atoms with Crippen molar-refractivity contribution in [2.24, 2.45) is 0 Å². The smallest absolute Gasteiger partial charge is 0.242 e. The van der Waals surface area contributed by atoms with E-state index in [0.717, 1.165) is 5.82 Å². The van der Waals surface area contributed by atoms with Gasteiger partial charge >= 0.3 is 0 Å². The van der Waals surface area contributed by atoms with Gasteiger partial charge in [-0.1, -0.05) is 12.1 Å². The van der Waals surface area contributed by atoms with Gasteiger partial charge in [0.1, 0.15) is 10.7 Å². The van der Waals surface area contributed by atoms with Crippen LogP contribution in [-0.2, 0) is 16.4 Å². The molecule has 7 heteroatoms. The van der Waals surface area contributed by atoms with Crippen molar-refractivity contribution in [3.8, 4) is 0 Å². The number of nitrogens with one attached hydrogen (secondary N) is 2. The predicted octanol–water partition coefficient (Wildman–Crippen LogP) is 0.821. The molecular weight excluding hydrogens is 264 g/mol. The Labute approximate surface area is 112 Å². The quantitative estimate of drug-likeness (QED) is 0.706. The highest BCUT2D eigenvalue weighted by atomic mass is 32.2. The Bertz CT molecular complexity index is 630. The van der Waals surface area contributed by atoms with Crippen LogP contribution in [0.2, 0.25) is 0 Å². The zero-order valence-corrected chi connectivity index (χ0v) is 11.4. The van der Waals surface area contributed by atoms with Crippen LogP contribution < -0.4 is 10.5 Å². The van der Waals surface area contributed by atoms with Gasteiger partial charge in [-0.3, -0.25) is 0 Å². The number of benzene rings is 1. The number of rotatable bonds is 5. The molecule has 0 atom stereocenters. The highest BCUT2D eigenvalue weighted by Crippen LogP contribution is 2.21. The van der Waals surface area contributed by atoms with Crippen molar-refractivity contribution in [1.29, 1.82) is 0 Å². The summed E-state index contributed by atoms with van der Waals surface area (Å²) < 4.78 is 26.9. The van der Waals surface area contributed by atoms with Gasteiger partial charge in [0.25, 0.3) is 0 Å². The van der Waals surface area contributed by atoms with Gasteiger partial charge in [-0.15, -0.1) is 0 Å². The zero-order chi connectivity index (χ0) is 13.9. The van der Waals surface area contributed by atoms with Crippen molar-refractivity contribution in [1.82, 2.24) is 14.7 Å². The van der Waals surface area contributed by atoms with Crippen LogP contribution in [0.3, 0.4) is 0 Å². The van der Waals surface area contributed by atoms with Crippen LogP contribution in [-0.4, -0.2) is 24.9 Å². The number of nitrogens with zero attached hydrogens (tertiary/aromatic N) is 1. The summed E-state index contributed by atoms with van der Waals surface area (Å²) in [6, 6.07) is 5.03. The highest BCUT2D eigenvalue weighted by molar-refractivity contribution is 7.89. The number of anilines is 1. The van der Waals surface area contributed by atoms with Gasteiger partial charge in [0.15, 0.2) is 0 Å². The van der Waals surface area contributed by atoms with Gasteiger partial charge in [0.2, 0.25) is 10.0 Å². The Kier molecular flexibility index (Phi) is 3.87. The van der Waals surface area contributed by atoms with Gasteiger partial charge in [0.05, 0.1) is 5.69 Å². The van der Waals surface area contributed by atoms with Crippen LogP contribution in [0.1, 0.15) is 11.4 Å². The number of aromatic nitrogens is 2. The molecule has 102 valence electrons. The molecule has 1 aromatic heterocycles. The molecule has 0 spiro atoms. The van der Waals surface area contributed by atoms with Crippen LogP contribution in [0, 0.1) is 6.92 Å². The lowest BCUT2D eigenvalue weighted by molar-refractivity contribution is 0.581. The highest BCUT2D eigenvalue weighted by Gasteiger charge is 2.19. The first-order valence-electron chi connectivity index (χ1n) is 5.84. The fourth-order valence-electron chi connectivity index (χ4n) is 1.85. The van der Waals surface area contributed by atoms with Crippen LogP contribution in [0.5, 0.6) is 0 Å². The van der Waals surface area contributed by atoms with Gasteiger partial charge in [-0.25, -0.2) is 18.1 Å². The first kappa shape index (κ1) is 13.6. The number of hydrogen-bond acceptors (Lipinski definition) is 4. The minimum absolute atomic E-state index is 0.148. The van der Waals surface area contributed by atoms with Gasteiger partial charge < -0.3 is 10.7 Å². The second-order valence-electron chi connectivity index (χ2n) is 4.18. The first-order valence-corrected chi connectivity index (χ1v) is 7.32. The Morgan fingerprint density at radius 2 is 2.21 bits per heavy atom. The van der Waals surface area contributed by atoms with E-state index in [2.05, 4.69) is 14.7 Å². The molecule has 1 heterocycles. The third-order valence-corrected chi connectivity index (χ3v) is 4.40. The van der Waals surface area contributed by atoms with Gasteiger partial charge in [0, 0.05) is 25.4 Å². The standard InChI is InChI=1S/C12H16N4O2S/c1-9-3-2-4-10(13)12(9)19(17,18)16-6-5-11-14-7-8-15-11/h2-4,7-8,16H,5-6,13H2,1H3,(H,14,15). The summed E-state index contributed by atoms with van der Waals surface area (Å²) in [5, 5.41) is 0. The molecule has 6 nitrogen and oxygen atoms in total.